The van der Waals surface area contributed by atoms with Crippen molar-refractivity contribution < 1.29 is 9.59 Å². The summed E-state index contributed by atoms with van der Waals surface area (Å²) in [6.07, 6.45) is 2.57. The Morgan fingerprint density at radius 2 is 2.07 bits per heavy atom. The van der Waals surface area contributed by atoms with Crippen LogP contribution >= 0.6 is 11.8 Å². The van der Waals surface area contributed by atoms with E-state index in [-0.39, 0.29) is 11.8 Å². The quantitative estimate of drug-likeness (QED) is 0.657. The summed E-state index contributed by atoms with van der Waals surface area (Å²) in [6, 6.07) is 13.5. The third-order valence-corrected chi connectivity index (χ3v) is 5.77. The third kappa shape index (κ3) is 3.92. The van der Waals surface area contributed by atoms with E-state index < -0.39 is 0 Å². The van der Waals surface area contributed by atoms with Gasteiger partial charge in [-0.25, -0.2) is 0 Å². The summed E-state index contributed by atoms with van der Waals surface area (Å²) in [7, 11) is 0. The van der Waals surface area contributed by atoms with Crippen molar-refractivity contribution in [1.29, 1.82) is 0 Å². The zero-order valence-corrected chi connectivity index (χ0v) is 16.8. The van der Waals surface area contributed by atoms with Gasteiger partial charge in [-0.2, -0.15) is 0 Å². The second-order valence-corrected chi connectivity index (χ2v) is 8.58. The number of benzene rings is 2. The highest BCUT2D eigenvalue weighted by Crippen LogP contribution is 2.31. The van der Waals surface area contributed by atoms with Crippen molar-refractivity contribution in [3.8, 4) is 0 Å². The summed E-state index contributed by atoms with van der Waals surface area (Å²) >= 11 is 1.63. The number of rotatable bonds is 4. The molecule has 2 N–H and O–H groups in total. The first-order chi connectivity index (χ1) is 13.5. The van der Waals surface area contributed by atoms with E-state index in [9.17, 15) is 9.59 Å². The summed E-state index contributed by atoms with van der Waals surface area (Å²) in [5.41, 5.74) is 3.16. The minimum Gasteiger partial charge on any atom is -0.347 e. The predicted molar refractivity (Wildman–Crippen MR) is 115 cm³/mol. The molecule has 0 unspecified atom stereocenters. The zero-order valence-electron chi connectivity index (χ0n) is 16.0. The van der Waals surface area contributed by atoms with Crippen LogP contribution in [0.1, 0.15) is 30.6 Å². The van der Waals surface area contributed by atoms with E-state index in [4.69, 9.17) is 0 Å². The van der Waals surface area contributed by atoms with Crippen molar-refractivity contribution in [3.63, 3.8) is 0 Å². The van der Waals surface area contributed by atoms with Crippen LogP contribution in [-0.4, -0.2) is 22.1 Å². The Bertz CT molecular complexity index is 1060. The molecule has 1 aliphatic heterocycles. The molecular weight excluding hydrogens is 370 g/mol. The molecule has 0 saturated heterocycles. The Morgan fingerprint density at radius 1 is 1.21 bits per heavy atom. The van der Waals surface area contributed by atoms with Gasteiger partial charge in [0, 0.05) is 52.0 Å². The van der Waals surface area contributed by atoms with E-state index in [0.717, 1.165) is 33.8 Å². The smallest absolute Gasteiger partial charge is 0.255 e. The maximum Gasteiger partial charge on any atom is 0.255 e. The molecule has 0 fully saturated rings. The van der Waals surface area contributed by atoms with Crippen LogP contribution in [0.2, 0.25) is 0 Å². The molecule has 5 nitrogen and oxygen atoms in total. The number of anilines is 2. The molecule has 28 heavy (non-hydrogen) atoms. The lowest BCUT2D eigenvalue weighted by atomic mass is 10.1. The summed E-state index contributed by atoms with van der Waals surface area (Å²) in [6.45, 7) is 5.36. The molecule has 0 radical (unpaired) electrons. The van der Waals surface area contributed by atoms with Crippen molar-refractivity contribution in [3.05, 3.63) is 54.2 Å². The highest BCUT2D eigenvalue weighted by Gasteiger charge is 2.16. The highest BCUT2D eigenvalue weighted by molar-refractivity contribution is 7.99. The van der Waals surface area contributed by atoms with Crippen LogP contribution in [0.4, 0.5) is 11.4 Å². The monoisotopic (exact) mass is 393 g/mol. The SMILES string of the molecule is CC(C)Cn1ccc2cc(NC(=O)c3ccc4c(c3)NC(=O)CCS4)ccc21. The highest BCUT2D eigenvalue weighted by atomic mass is 32.2. The number of nitrogens with zero attached hydrogens (tertiary/aromatic N) is 1. The first kappa shape index (κ1) is 18.6. The molecule has 0 atom stereocenters. The fraction of sp³-hybridized carbons (Fsp3) is 0.273. The predicted octanol–water partition coefficient (Wildman–Crippen LogP) is 4.98. The molecule has 1 aromatic heterocycles. The van der Waals surface area contributed by atoms with Crippen molar-refractivity contribution >= 4 is 45.9 Å². The van der Waals surface area contributed by atoms with E-state index in [2.05, 4.69) is 41.3 Å². The first-order valence-corrected chi connectivity index (χ1v) is 10.4. The third-order valence-electron chi connectivity index (χ3n) is 4.69. The topological polar surface area (TPSA) is 63.1 Å². The van der Waals surface area contributed by atoms with E-state index in [0.29, 0.717) is 23.6 Å². The molecule has 0 bridgehead atoms. The molecule has 144 valence electrons. The van der Waals surface area contributed by atoms with Gasteiger partial charge in [0.25, 0.3) is 5.91 Å². The van der Waals surface area contributed by atoms with Gasteiger partial charge >= 0.3 is 0 Å². The van der Waals surface area contributed by atoms with Crippen LogP contribution < -0.4 is 10.6 Å². The lowest BCUT2D eigenvalue weighted by molar-refractivity contribution is -0.115. The molecule has 6 heteroatoms. The maximum absolute atomic E-state index is 12.7. The molecule has 2 heterocycles. The molecule has 0 saturated carbocycles. The average Bonchev–Trinajstić information content (AvgIpc) is 2.93. The van der Waals surface area contributed by atoms with E-state index >= 15 is 0 Å². The Kier molecular flexibility index (Phi) is 5.13. The van der Waals surface area contributed by atoms with Crippen LogP contribution in [0.25, 0.3) is 10.9 Å². The lowest BCUT2D eigenvalue weighted by Crippen LogP contribution is -2.14. The molecular formula is C22H23N3O2S. The van der Waals surface area contributed by atoms with Crippen LogP contribution in [0.5, 0.6) is 0 Å². The number of hydrogen-bond donors (Lipinski definition) is 2. The summed E-state index contributed by atoms with van der Waals surface area (Å²) < 4.78 is 2.23. The summed E-state index contributed by atoms with van der Waals surface area (Å²) in [5.74, 6) is 1.12. The normalized spacial score (nSPS) is 13.9. The standard InChI is InChI=1S/C22H23N3O2S/c1-14(2)13-25-9-7-15-11-17(4-5-19(15)25)23-22(27)16-3-6-20-18(12-16)24-21(26)8-10-28-20/h3-7,9,11-12,14H,8,10,13H2,1-2H3,(H,23,27)(H,24,26). The minimum absolute atomic E-state index is 0.0137. The van der Waals surface area contributed by atoms with Crippen molar-refractivity contribution in [1.82, 2.24) is 4.57 Å². The molecule has 0 aliphatic carbocycles. The van der Waals surface area contributed by atoms with Crippen LogP contribution in [0.3, 0.4) is 0 Å². The van der Waals surface area contributed by atoms with E-state index in [1.165, 1.54) is 0 Å². The minimum atomic E-state index is -0.188. The van der Waals surface area contributed by atoms with E-state index in [1.807, 2.05) is 24.3 Å². The van der Waals surface area contributed by atoms with Gasteiger partial charge in [0.2, 0.25) is 5.91 Å². The summed E-state index contributed by atoms with van der Waals surface area (Å²) in [5, 5.41) is 6.95. The fourth-order valence-electron chi connectivity index (χ4n) is 3.39. The number of fused-ring (bicyclic) bond motifs is 2. The number of carbonyl (C=O) groups excluding carboxylic acids is 2. The Balaban J connectivity index is 1.54. The van der Waals surface area contributed by atoms with Crippen LogP contribution in [0, 0.1) is 5.92 Å². The number of nitrogens with one attached hydrogen (secondary N) is 2. The van der Waals surface area contributed by atoms with Crippen LogP contribution in [0.15, 0.2) is 53.6 Å². The van der Waals surface area contributed by atoms with Gasteiger partial charge in [-0.05, 0) is 48.4 Å². The number of thioether (sulfide) groups is 1. The van der Waals surface area contributed by atoms with Gasteiger partial charge < -0.3 is 15.2 Å². The average molecular weight is 394 g/mol. The molecule has 1 aliphatic rings. The van der Waals surface area contributed by atoms with Gasteiger partial charge in [0.05, 0.1) is 5.69 Å². The molecule has 3 aromatic rings. The maximum atomic E-state index is 12.7. The van der Waals surface area contributed by atoms with Crippen LogP contribution in [-0.2, 0) is 11.3 Å². The van der Waals surface area contributed by atoms with Gasteiger partial charge in [-0.1, -0.05) is 13.8 Å². The van der Waals surface area contributed by atoms with Gasteiger partial charge in [-0.3, -0.25) is 9.59 Å². The van der Waals surface area contributed by atoms with E-state index in [1.54, 1.807) is 23.9 Å². The van der Waals surface area contributed by atoms with Crippen molar-refractivity contribution in [2.24, 2.45) is 5.92 Å². The number of amides is 2. The van der Waals surface area contributed by atoms with Gasteiger partial charge in [-0.15, -0.1) is 11.8 Å². The first-order valence-electron chi connectivity index (χ1n) is 9.46. The Morgan fingerprint density at radius 3 is 2.89 bits per heavy atom. The second-order valence-electron chi connectivity index (χ2n) is 7.45. The summed E-state index contributed by atoms with van der Waals surface area (Å²) in [4.78, 5) is 25.5. The van der Waals surface area contributed by atoms with Crippen molar-refractivity contribution in [2.45, 2.75) is 31.7 Å². The fourth-order valence-corrected chi connectivity index (χ4v) is 4.33. The number of carbonyl (C=O) groups is 2. The van der Waals surface area contributed by atoms with Gasteiger partial charge in [0.1, 0.15) is 0 Å². The Hall–Kier alpha value is -2.73. The second kappa shape index (κ2) is 7.72. The molecule has 2 aromatic carbocycles. The number of aromatic nitrogens is 1. The largest absolute Gasteiger partial charge is 0.347 e. The van der Waals surface area contributed by atoms with Crippen molar-refractivity contribution in [2.75, 3.05) is 16.4 Å². The number of hydrogen-bond acceptors (Lipinski definition) is 3. The molecule has 4 rings (SSSR count). The lowest BCUT2D eigenvalue weighted by Gasteiger charge is -2.11. The molecule has 0 spiro atoms. The zero-order chi connectivity index (χ0) is 19.7. The van der Waals surface area contributed by atoms with Gasteiger partial charge in [0.15, 0.2) is 0 Å². The molecule has 2 amide bonds. The Labute approximate surface area is 168 Å².